The second kappa shape index (κ2) is 12.7. The molecule has 4 aromatic heterocycles. The molecule has 1 atom stereocenters. The lowest BCUT2D eigenvalue weighted by Crippen LogP contribution is -2.24. The van der Waals surface area contributed by atoms with E-state index in [-0.39, 0.29) is 28.5 Å². The molecule has 1 unspecified atom stereocenters. The van der Waals surface area contributed by atoms with Crippen LogP contribution in [0.1, 0.15) is 18.7 Å². The molecule has 0 spiro atoms. The predicted octanol–water partition coefficient (Wildman–Crippen LogP) is 7.17. The molecule has 0 saturated carbocycles. The van der Waals surface area contributed by atoms with Gasteiger partial charge in [0.15, 0.2) is 0 Å². The molecule has 14 heteroatoms. The maximum absolute atomic E-state index is 15.9. The maximum Gasteiger partial charge on any atom is 0.345 e. The van der Waals surface area contributed by atoms with Gasteiger partial charge in [-0.15, -0.1) is 11.3 Å². The summed E-state index contributed by atoms with van der Waals surface area (Å²) in [6, 6.07) is 10.5. The van der Waals surface area contributed by atoms with E-state index in [1.54, 1.807) is 23.9 Å². The Labute approximate surface area is 263 Å². The molecule has 0 fully saturated rings. The molecule has 236 valence electrons. The van der Waals surface area contributed by atoms with Crippen LogP contribution < -0.4 is 10.1 Å². The van der Waals surface area contributed by atoms with Gasteiger partial charge in [0, 0.05) is 45.8 Å². The molecule has 46 heavy (non-hydrogen) atoms. The fourth-order valence-electron chi connectivity index (χ4n) is 5.20. The highest BCUT2D eigenvalue weighted by atomic mass is 32.1. The van der Waals surface area contributed by atoms with E-state index in [1.165, 1.54) is 11.3 Å². The van der Waals surface area contributed by atoms with Gasteiger partial charge in [-0.1, -0.05) is 12.6 Å². The number of fused-ring (bicyclic) bond motifs is 2. The average Bonchev–Trinajstić information content (AvgIpc) is 3.79. The third kappa shape index (κ3) is 5.96. The Morgan fingerprint density at radius 3 is 2.74 bits per heavy atom. The summed E-state index contributed by atoms with van der Waals surface area (Å²) in [5.41, 5.74) is 3.47. The fourth-order valence-corrected chi connectivity index (χ4v) is 6.15. The minimum atomic E-state index is -3.03. The summed E-state index contributed by atoms with van der Waals surface area (Å²) in [4.78, 5) is 17.0. The van der Waals surface area contributed by atoms with Crippen molar-refractivity contribution in [2.75, 3.05) is 13.2 Å². The number of carbonyl (C=O) groups is 1. The lowest BCUT2D eigenvalue weighted by molar-refractivity contribution is -0.133. The zero-order valence-corrected chi connectivity index (χ0v) is 25.3. The summed E-state index contributed by atoms with van der Waals surface area (Å²) >= 11 is 1.31. The number of carbonyl (C=O) groups excluding carboxylic acids is 1. The molecular formula is C32H26F4N6O3S. The third-order valence-corrected chi connectivity index (χ3v) is 8.26. The van der Waals surface area contributed by atoms with Crippen molar-refractivity contribution in [2.45, 2.75) is 19.6 Å². The molecule has 0 bridgehead atoms. The number of nitrogens with zero attached hydrogens (tertiary/aromatic N) is 4. The highest BCUT2D eigenvalue weighted by Gasteiger charge is 2.27. The molecular weight excluding hydrogens is 624 g/mol. The van der Waals surface area contributed by atoms with Crippen LogP contribution in [0.2, 0.25) is 0 Å². The van der Waals surface area contributed by atoms with Gasteiger partial charge in [-0.2, -0.15) is 19.0 Å². The molecule has 6 rings (SSSR count). The van der Waals surface area contributed by atoms with Crippen molar-refractivity contribution in [1.82, 2.24) is 30.3 Å². The highest BCUT2D eigenvalue weighted by molar-refractivity contribution is 7.18. The number of aromatic nitrogens is 5. The van der Waals surface area contributed by atoms with Crippen LogP contribution in [0.15, 0.2) is 66.7 Å². The van der Waals surface area contributed by atoms with Crippen molar-refractivity contribution in [3.63, 3.8) is 0 Å². The molecule has 6 aromatic rings. The Balaban J connectivity index is 1.58. The monoisotopic (exact) mass is 650 g/mol. The van der Waals surface area contributed by atoms with Gasteiger partial charge in [-0.25, -0.2) is 13.8 Å². The van der Waals surface area contributed by atoms with E-state index in [0.29, 0.717) is 33.2 Å². The van der Waals surface area contributed by atoms with Crippen molar-refractivity contribution in [3.8, 4) is 39.5 Å². The zero-order valence-electron chi connectivity index (χ0n) is 24.5. The van der Waals surface area contributed by atoms with Gasteiger partial charge in [0.1, 0.15) is 35.4 Å². The molecule has 0 aliphatic carbocycles. The number of nitrogens with one attached hydrogen (secondary N) is 2. The maximum atomic E-state index is 15.9. The minimum absolute atomic E-state index is 0.125. The van der Waals surface area contributed by atoms with Crippen molar-refractivity contribution in [3.05, 3.63) is 84.0 Å². The molecule has 1 amide bonds. The molecule has 0 aliphatic heterocycles. The lowest BCUT2D eigenvalue weighted by atomic mass is 9.96. The van der Waals surface area contributed by atoms with Crippen LogP contribution in [-0.4, -0.2) is 50.7 Å². The Kier molecular flexibility index (Phi) is 8.56. The number of H-pyrrole nitrogens is 1. The van der Waals surface area contributed by atoms with Crippen LogP contribution >= 0.6 is 11.3 Å². The third-order valence-electron chi connectivity index (χ3n) is 7.33. The summed E-state index contributed by atoms with van der Waals surface area (Å²) in [6.07, 6.45) is 2.89. The van der Waals surface area contributed by atoms with E-state index in [1.807, 2.05) is 36.7 Å². The standard InChI is InChI=1S/C32H26F4N6O3S/c1-4-26(43)38-16(2)22-14-23(41-40-22)30-28(27-21(34)12-19(33)13-25(27)44-8-9-45-32(35)36)31-20(7-10-46-31)29(39-30)17-5-6-24-18(11-17)15-37-42(24)3/h4-7,10-16,32H,1,8-9H2,2-3H3,(H,38,43)(H,40,41). The smallest absolute Gasteiger partial charge is 0.345 e. The molecule has 0 radical (unpaired) electrons. The van der Waals surface area contributed by atoms with Crippen LogP contribution in [0, 0.1) is 11.6 Å². The number of hydrogen-bond donors (Lipinski definition) is 2. The van der Waals surface area contributed by atoms with E-state index in [2.05, 4.69) is 31.9 Å². The SMILES string of the molecule is C=CC(=O)NC(C)c1cc(-c2nc(-c3ccc4c(cnn4C)c3)c3ccsc3c2-c2c(F)cc(F)cc2OCCOC(F)F)n[nH]1. The number of halogens is 4. The van der Waals surface area contributed by atoms with Crippen LogP contribution in [0.25, 0.3) is 54.8 Å². The first-order valence-corrected chi connectivity index (χ1v) is 14.9. The number of pyridine rings is 1. The summed E-state index contributed by atoms with van der Waals surface area (Å²) in [7, 11) is 1.84. The number of alkyl halides is 2. The average molecular weight is 651 g/mol. The predicted molar refractivity (Wildman–Crippen MR) is 166 cm³/mol. The van der Waals surface area contributed by atoms with Gasteiger partial charge in [0.25, 0.3) is 0 Å². The Morgan fingerprint density at radius 1 is 1.13 bits per heavy atom. The first-order valence-electron chi connectivity index (χ1n) is 14.0. The van der Waals surface area contributed by atoms with Crippen LogP contribution in [0.4, 0.5) is 17.6 Å². The number of ether oxygens (including phenoxy) is 2. The van der Waals surface area contributed by atoms with Crippen LogP contribution in [0.3, 0.4) is 0 Å². The first kappa shape index (κ1) is 30.9. The normalized spacial score (nSPS) is 12.2. The number of hydrogen-bond acceptors (Lipinski definition) is 7. The van der Waals surface area contributed by atoms with Gasteiger partial charge >= 0.3 is 6.61 Å². The lowest BCUT2D eigenvalue weighted by Gasteiger charge is -2.17. The van der Waals surface area contributed by atoms with Crippen molar-refractivity contribution in [1.29, 1.82) is 0 Å². The van der Waals surface area contributed by atoms with Gasteiger partial charge in [-0.05, 0) is 42.6 Å². The highest BCUT2D eigenvalue weighted by Crippen LogP contribution is 2.47. The molecule has 0 saturated heterocycles. The Hall–Kier alpha value is -5.08. The van der Waals surface area contributed by atoms with E-state index in [0.717, 1.165) is 28.6 Å². The van der Waals surface area contributed by atoms with Crippen LogP contribution in [-0.2, 0) is 16.6 Å². The van der Waals surface area contributed by atoms with Crippen molar-refractivity contribution >= 4 is 38.2 Å². The number of thiophene rings is 1. The van der Waals surface area contributed by atoms with Crippen molar-refractivity contribution < 1.29 is 31.8 Å². The first-order chi connectivity index (χ1) is 22.1. The number of amides is 1. The van der Waals surface area contributed by atoms with Gasteiger partial charge in [0.05, 0.1) is 41.3 Å². The fraction of sp³-hybridized carbons (Fsp3) is 0.188. The number of rotatable bonds is 11. The summed E-state index contributed by atoms with van der Waals surface area (Å²) in [5.74, 6) is -2.48. The quantitative estimate of drug-likeness (QED) is 0.0875. The number of aryl methyl sites for hydroxylation is 1. The summed E-state index contributed by atoms with van der Waals surface area (Å²) < 4.78 is 67.8. The second-order valence-electron chi connectivity index (χ2n) is 10.3. The topological polar surface area (TPSA) is 107 Å². The van der Waals surface area contributed by atoms with Gasteiger partial charge < -0.3 is 14.8 Å². The Morgan fingerprint density at radius 2 is 1.96 bits per heavy atom. The molecule has 0 aliphatic rings. The van der Waals surface area contributed by atoms with E-state index < -0.39 is 37.5 Å². The Bertz CT molecular complexity index is 2090. The largest absolute Gasteiger partial charge is 0.490 e. The molecule has 4 heterocycles. The number of aromatic amines is 1. The molecule has 2 N–H and O–H groups in total. The molecule has 9 nitrogen and oxygen atoms in total. The van der Waals surface area contributed by atoms with Gasteiger partial charge in [-0.3, -0.25) is 14.6 Å². The summed E-state index contributed by atoms with van der Waals surface area (Å²) in [6.45, 7) is 1.29. The van der Waals surface area contributed by atoms with E-state index in [4.69, 9.17) is 9.72 Å². The molecule has 2 aromatic carbocycles. The second-order valence-corrected chi connectivity index (χ2v) is 11.2. The van der Waals surface area contributed by atoms with Gasteiger partial charge in [0.2, 0.25) is 5.91 Å². The zero-order chi connectivity index (χ0) is 32.5. The van der Waals surface area contributed by atoms with Crippen molar-refractivity contribution in [2.24, 2.45) is 7.05 Å². The van der Waals surface area contributed by atoms with E-state index in [9.17, 15) is 18.0 Å². The summed E-state index contributed by atoms with van der Waals surface area (Å²) in [5, 5.41) is 17.9. The van der Waals surface area contributed by atoms with Crippen LogP contribution in [0.5, 0.6) is 5.75 Å². The minimum Gasteiger partial charge on any atom is -0.490 e. The number of benzene rings is 2. The van der Waals surface area contributed by atoms with E-state index >= 15 is 4.39 Å².